The lowest BCUT2D eigenvalue weighted by atomic mass is 10.0. The van der Waals surface area contributed by atoms with Crippen LogP contribution in [0, 0.1) is 11.6 Å². The lowest BCUT2D eigenvalue weighted by Gasteiger charge is -2.22. The van der Waals surface area contributed by atoms with Gasteiger partial charge in [-0.1, -0.05) is 18.2 Å². The molecule has 0 aliphatic heterocycles. The van der Waals surface area contributed by atoms with E-state index in [9.17, 15) is 22.7 Å². The van der Waals surface area contributed by atoms with E-state index in [0.717, 1.165) is 25.3 Å². The van der Waals surface area contributed by atoms with E-state index in [1.54, 1.807) is 6.07 Å². The van der Waals surface area contributed by atoms with Gasteiger partial charge in [0.1, 0.15) is 40.3 Å². The van der Waals surface area contributed by atoms with Crippen LogP contribution in [-0.2, 0) is 5.92 Å². The number of halogens is 4. The van der Waals surface area contributed by atoms with Crippen LogP contribution in [0.4, 0.5) is 17.6 Å². The number of alkyl halides is 2. The number of aliphatic hydroxyl groups excluding tert-OH is 1. The molecule has 7 heteroatoms. The van der Waals surface area contributed by atoms with Gasteiger partial charge in [-0.3, -0.25) is 0 Å². The Morgan fingerprint density at radius 3 is 2.48 bits per heavy atom. The third-order valence-electron chi connectivity index (χ3n) is 3.70. The van der Waals surface area contributed by atoms with Gasteiger partial charge in [0.15, 0.2) is 0 Å². The van der Waals surface area contributed by atoms with Crippen LogP contribution in [0.5, 0.6) is 11.5 Å². The minimum atomic E-state index is -3.85. The molecule has 25 heavy (non-hydrogen) atoms. The van der Waals surface area contributed by atoms with Gasteiger partial charge in [0.2, 0.25) is 0 Å². The number of benzene rings is 2. The molecule has 1 aromatic heterocycles. The lowest BCUT2D eigenvalue weighted by Crippen LogP contribution is -2.29. The Kier molecular flexibility index (Phi) is 4.34. The molecule has 3 aromatic rings. The zero-order chi connectivity index (χ0) is 18.2. The van der Waals surface area contributed by atoms with Gasteiger partial charge in [0.25, 0.3) is 0 Å². The second-order valence-corrected chi connectivity index (χ2v) is 5.50. The minimum Gasteiger partial charge on any atom is -0.455 e. The van der Waals surface area contributed by atoms with Crippen LogP contribution in [0.1, 0.15) is 12.5 Å². The number of nitrogens with zero attached hydrogens (tertiary/aromatic N) is 1. The average molecular weight is 351 g/mol. The Labute approximate surface area is 140 Å². The van der Waals surface area contributed by atoms with Crippen LogP contribution in [-0.4, -0.2) is 16.2 Å². The molecular weight excluding hydrogens is 338 g/mol. The van der Waals surface area contributed by atoms with E-state index >= 15 is 0 Å². The summed E-state index contributed by atoms with van der Waals surface area (Å²) in [6, 6.07) is 8.91. The molecule has 0 bridgehead atoms. The van der Waals surface area contributed by atoms with Crippen LogP contribution in [0.25, 0.3) is 10.9 Å². The third-order valence-corrected chi connectivity index (χ3v) is 3.70. The molecule has 3 rings (SSSR count). The molecule has 1 heterocycles. The number of rotatable bonds is 4. The van der Waals surface area contributed by atoms with Crippen molar-refractivity contribution in [3.63, 3.8) is 0 Å². The molecule has 0 spiro atoms. The Bertz CT molecular complexity index is 928. The van der Waals surface area contributed by atoms with E-state index in [-0.39, 0.29) is 11.3 Å². The molecule has 0 saturated heterocycles. The van der Waals surface area contributed by atoms with E-state index in [4.69, 9.17) is 4.74 Å². The molecule has 2 aromatic carbocycles. The van der Waals surface area contributed by atoms with Crippen molar-refractivity contribution < 1.29 is 27.4 Å². The fourth-order valence-electron chi connectivity index (χ4n) is 2.41. The Hall–Kier alpha value is -2.67. The van der Waals surface area contributed by atoms with Crippen molar-refractivity contribution in [1.82, 2.24) is 4.98 Å². The quantitative estimate of drug-likeness (QED) is 0.688. The van der Waals surface area contributed by atoms with Crippen molar-refractivity contribution in [3.8, 4) is 11.5 Å². The maximum absolute atomic E-state index is 14.2. The summed E-state index contributed by atoms with van der Waals surface area (Å²) in [6.07, 6.45) is -0.962. The van der Waals surface area contributed by atoms with E-state index < -0.39 is 35.0 Å². The molecule has 1 N–H and O–H groups in total. The second kappa shape index (κ2) is 6.33. The Morgan fingerprint density at radius 2 is 1.76 bits per heavy atom. The number of ether oxygens (including phenoxy) is 1. The van der Waals surface area contributed by atoms with Crippen LogP contribution in [0.3, 0.4) is 0 Å². The summed E-state index contributed by atoms with van der Waals surface area (Å²) < 4.78 is 61.3. The molecule has 0 amide bonds. The summed E-state index contributed by atoms with van der Waals surface area (Å²) in [4.78, 5) is 3.90. The maximum atomic E-state index is 14.2. The molecule has 1 atom stereocenters. The lowest BCUT2D eigenvalue weighted by molar-refractivity contribution is -0.109. The third kappa shape index (κ3) is 3.15. The van der Waals surface area contributed by atoms with Crippen molar-refractivity contribution in [1.29, 1.82) is 0 Å². The molecule has 0 radical (unpaired) electrons. The zero-order valence-corrected chi connectivity index (χ0v) is 13.0. The van der Waals surface area contributed by atoms with E-state index in [1.165, 1.54) is 24.3 Å². The first kappa shape index (κ1) is 17.2. The monoisotopic (exact) mass is 351 g/mol. The van der Waals surface area contributed by atoms with Gasteiger partial charge in [0, 0.05) is 5.39 Å². The highest BCUT2D eigenvalue weighted by molar-refractivity contribution is 5.80. The fraction of sp³-hybridized carbons (Fsp3) is 0.167. The van der Waals surface area contributed by atoms with Crippen LogP contribution < -0.4 is 4.74 Å². The predicted octanol–water partition coefficient (Wildman–Crippen LogP) is 4.78. The van der Waals surface area contributed by atoms with Crippen molar-refractivity contribution >= 4 is 10.9 Å². The molecule has 1 unspecified atom stereocenters. The zero-order valence-electron chi connectivity index (χ0n) is 13.0. The molecule has 0 fully saturated rings. The van der Waals surface area contributed by atoms with Gasteiger partial charge in [-0.05, 0) is 31.2 Å². The summed E-state index contributed by atoms with van der Waals surface area (Å²) in [5.74, 6) is -6.01. The van der Waals surface area contributed by atoms with Gasteiger partial charge in [-0.2, -0.15) is 8.78 Å². The summed E-state index contributed by atoms with van der Waals surface area (Å²) in [5.41, 5.74) is -0.951. The number of hydrogen-bond donors (Lipinski definition) is 1. The molecule has 130 valence electrons. The number of aliphatic hydroxyl groups is 1. The van der Waals surface area contributed by atoms with Crippen LogP contribution >= 0.6 is 0 Å². The Balaban J connectivity index is 2.06. The molecule has 0 aliphatic carbocycles. The van der Waals surface area contributed by atoms with Crippen LogP contribution in [0.15, 0.2) is 48.7 Å². The largest absolute Gasteiger partial charge is 0.455 e. The van der Waals surface area contributed by atoms with Crippen molar-refractivity contribution in [2.24, 2.45) is 0 Å². The standard InChI is InChI=1S/C18H13F4NO2/c1-10(24)18(21,22)16-13(19)5-3-7-15(16)25-12-8-11-4-2-6-14(20)17(11)23-9-12/h2-10,24H,1H3. The minimum absolute atomic E-state index is 0.0337. The first-order valence-corrected chi connectivity index (χ1v) is 7.37. The number of fused-ring (bicyclic) bond motifs is 1. The molecule has 0 saturated carbocycles. The van der Waals surface area contributed by atoms with Crippen LogP contribution in [0.2, 0.25) is 0 Å². The highest BCUT2D eigenvalue weighted by Gasteiger charge is 2.43. The SMILES string of the molecule is CC(O)C(F)(F)c1c(F)cccc1Oc1cnc2c(F)cccc2c1. The normalized spacial score (nSPS) is 13.0. The molecular formula is C18H13F4NO2. The van der Waals surface area contributed by atoms with Gasteiger partial charge in [-0.25, -0.2) is 13.8 Å². The highest BCUT2D eigenvalue weighted by Crippen LogP contribution is 2.41. The fourth-order valence-corrected chi connectivity index (χ4v) is 2.41. The summed E-state index contributed by atoms with van der Waals surface area (Å²) >= 11 is 0. The van der Waals surface area contributed by atoms with E-state index in [2.05, 4.69) is 4.98 Å². The van der Waals surface area contributed by atoms with Gasteiger partial charge in [-0.15, -0.1) is 0 Å². The Morgan fingerprint density at radius 1 is 1.08 bits per heavy atom. The smallest absolute Gasteiger partial charge is 0.304 e. The number of hydrogen-bond acceptors (Lipinski definition) is 3. The number of pyridine rings is 1. The van der Waals surface area contributed by atoms with Gasteiger partial charge in [0.05, 0.1) is 6.20 Å². The first-order chi connectivity index (χ1) is 11.8. The molecule has 3 nitrogen and oxygen atoms in total. The topological polar surface area (TPSA) is 42.4 Å². The predicted molar refractivity (Wildman–Crippen MR) is 83.7 cm³/mol. The molecule has 0 aliphatic rings. The second-order valence-electron chi connectivity index (χ2n) is 5.50. The summed E-state index contributed by atoms with van der Waals surface area (Å²) in [5, 5.41) is 9.69. The van der Waals surface area contributed by atoms with Crippen molar-refractivity contribution in [2.75, 3.05) is 0 Å². The maximum Gasteiger partial charge on any atom is 0.304 e. The number of aromatic nitrogens is 1. The van der Waals surface area contributed by atoms with Crippen molar-refractivity contribution in [2.45, 2.75) is 19.0 Å². The van der Waals surface area contributed by atoms with Gasteiger partial charge < -0.3 is 9.84 Å². The van der Waals surface area contributed by atoms with Crippen molar-refractivity contribution in [3.05, 3.63) is 65.9 Å². The number of para-hydroxylation sites is 1. The highest BCUT2D eigenvalue weighted by atomic mass is 19.3. The first-order valence-electron chi connectivity index (χ1n) is 7.37. The summed E-state index contributed by atoms with van der Waals surface area (Å²) in [7, 11) is 0. The van der Waals surface area contributed by atoms with E-state index in [0.29, 0.717) is 5.39 Å². The average Bonchev–Trinajstić information content (AvgIpc) is 2.54. The van der Waals surface area contributed by atoms with E-state index in [1.807, 2.05) is 0 Å². The summed E-state index contributed by atoms with van der Waals surface area (Å²) in [6.45, 7) is 0.858. The van der Waals surface area contributed by atoms with Gasteiger partial charge >= 0.3 is 5.92 Å².